The van der Waals surface area contributed by atoms with Gasteiger partial charge in [0.05, 0.1) is 12.7 Å². The van der Waals surface area contributed by atoms with E-state index in [1.54, 1.807) is 6.92 Å². The third-order valence-corrected chi connectivity index (χ3v) is 14.1. The van der Waals surface area contributed by atoms with E-state index in [1.807, 2.05) is 0 Å². The first-order valence-electron chi connectivity index (χ1n) is 15.0. The molecule has 0 amide bonds. The van der Waals surface area contributed by atoms with Gasteiger partial charge in [0, 0.05) is 12.3 Å². The average molecular weight is 487 g/mol. The summed E-state index contributed by atoms with van der Waals surface area (Å²) in [4.78, 5) is 11.9. The zero-order valence-corrected chi connectivity index (χ0v) is 24.1. The molecule has 0 aromatic rings. The van der Waals surface area contributed by atoms with Crippen molar-refractivity contribution >= 4 is 5.97 Å². The number of esters is 1. The number of fused-ring (bicyclic) bond motifs is 7. The largest absolute Gasteiger partial charge is 0.465 e. The standard InChI is InChI=1S/C32H54O3/c1-20(2)22-11-16-32(19-35-21(3)33)18-17-30(7)23(27(22)32)9-10-25-29(6)14-13-26(34)28(4,5)24(29)12-15-31(25,30)8/h20,22-27,34H,9-19H2,1-8H3/t22-,23+,24-,25+,26-,27+,29-,30+,31+,32+/m0/s1. The van der Waals surface area contributed by atoms with Crippen LogP contribution in [-0.2, 0) is 9.53 Å². The van der Waals surface area contributed by atoms with E-state index >= 15 is 0 Å². The van der Waals surface area contributed by atoms with E-state index in [1.165, 1.54) is 57.8 Å². The van der Waals surface area contributed by atoms with Crippen molar-refractivity contribution in [2.75, 3.05) is 6.61 Å². The number of ether oxygens (including phenoxy) is 1. The Morgan fingerprint density at radius 3 is 2.23 bits per heavy atom. The van der Waals surface area contributed by atoms with E-state index in [9.17, 15) is 9.90 Å². The highest BCUT2D eigenvalue weighted by atomic mass is 16.5. The Kier molecular flexibility index (Phi) is 6.11. The molecule has 0 aromatic carbocycles. The molecule has 0 spiro atoms. The third kappa shape index (κ3) is 3.41. The fourth-order valence-corrected chi connectivity index (χ4v) is 12.0. The summed E-state index contributed by atoms with van der Waals surface area (Å²) in [6.07, 6.45) is 12.4. The Balaban J connectivity index is 1.52. The summed E-state index contributed by atoms with van der Waals surface area (Å²) in [7, 11) is 0. The maximum Gasteiger partial charge on any atom is 0.302 e. The van der Waals surface area contributed by atoms with Gasteiger partial charge in [-0.3, -0.25) is 4.79 Å². The summed E-state index contributed by atoms with van der Waals surface area (Å²) >= 11 is 0. The summed E-state index contributed by atoms with van der Waals surface area (Å²) < 4.78 is 5.82. The minimum atomic E-state index is -0.154. The van der Waals surface area contributed by atoms with Crippen LogP contribution in [-0.4, -0.2) is 23.8 Å². The highest BCUT2D eigenvalue weighted by Gasteiger charge is 2.71. The molecule has 0 radical (unpaired) electrons. The minimum absolute atomic E-state index is 0.0199. The third-order valence-electron chi connectivity index (χ3n) is 14.1. The Morgan fingerprint density at radius 1 is 0.857 bits per heavy atom. The lowest BCUT2D eigenvalue weighted by molar-refractivity contribution is -0.251. The lowest BCUT2D eigenvalue weighted by Gasteiger charge is -2.73. The van der Waals surface area contributed by atoms with Crippen molar-refractivity contribution < 1.29 is 14.6 Å². The number of carbonyl (C=O) groups excluding carboxylic acids is 1. The van der Waals surface area contributed by atoms with Crippen LogP contribution in [0.4, 0.5) is 0 Å². The van der Waals surface area contributed by atoms with Gasteiger partial charge in [-0.1, -0.05) is 48.5 Å². The SMILES string of the molecule is CC(=O)OC[C@]12CC[C@@H](C(C)C)[C@@H]1[C@H]1CC[C@@H]3[C@@]4(C)CC[C@H](O)C(C)(C)[C@@H]4CC[C@@]3(C)[C@]1(C)CC2. The Hall–Kier alpha value is -0.570. The Bertz CT molecular complexity index is 848. The van der Waals surface area contributed by atoms with Gasteiger partial charge in [-0.05, 0) is 121 Å². The molecular weight excluding hydrogens is 432 g/mol. The second kappa shape index (κ2) is 8.21. The Labute approximate surface area is 215 Å². The minimum Gasteiger partial charge on any atom is -0.465 e. The second-order valence-corrected chi connectivity index (χ2v) is 15.7. The van der Waals surface area contributed by atoms with Crippen LogP contribution in [0, 0.1) is 62.6 Å². The molecule has 3 heteroatoms. The van der Waals surface area contributed by atoms with E-state index < -0.39 is 0 Å². The number of aliphatic hydroxyl groups is 1. The van der Waals surface area contributed by atoms with Crippen molar-refractivity contribution in [1.82, 2.24) is 0 Å². The van der Waals surface area contributed by atoms with Crippen LogP contribution in [0.3, 0.4) is 0 Å². The van der Waals surface area contributed by atoms with Crippen LogP contribution in [0.25, 0.3) is 0 Å². The summed E-state index contributed by atoms with van der Waals surface area (Å²) in [6, 6.07) is 0. The predicted molar refractivity (Wildman–Crippen MR) is 142 cm³/mol. The highest BCUT2D eigenvalue weighted by molar-refractivity contribution is 5.65. The fourth-order valence-electron chi connectivity index (χ4n) is 12.0. The van der Waals surface area contributed by atoms with Crippen molar-refractivity contribution in [2.45, 2.75) is 126 Å². The van der Waals surface area contributed by atoms with E-state index in [4.69, 9.17) is 4.74 Å². The molecule has 1 N–H and O–H groups in total. The fraction of sp³-hybridized carbons (Fsp3) is 0.969. The first-order chi connectivity index (χ1) is 16.2. The molecule has 5 aliphatic rings. The molecule has 5 fully saturated rings. The predicted octanol–water partition coefficient (Wildman–Crippen LogP) is 7.65. The number of hydrogen-bond acceptors (Lipinski definition) is 3. The van der Waals surface area contributed by atoms with Crippen LogP contribution >= 0.6 is 0 Å². The molecule has 5 saturated carbocycles. The molecule has 0 unspecified atom stereocenters. The molecule has 0 saturated heterocycles. The molecule has 5 aliphatic carbocycles. The number of hydrogen-bond donors (Lipinski definition) is 1. The van der Waals surface area contributed by atoms with Gasteiger partial charge in [0.15, 0.2) is 0 Å². The van der Waals surface area contributed by atoms with Crippen molar-refractivity contribution in [3.05, 3.63) is 0 Å². The van der Waals surface area contributed by atoms with Gasteiger partial charge in [0.25, 0.3) is 0 Å². The lowest BCUT2D eigenvalue weighted by atomic mass is 9.32. The van der Waals surface area contributed by atoms with E-state index in [2.05, 4.69) is 48.5 Å². The molecule has 10 atom stereocenters. The Morgan fingerprint density at radius 2 is 1.57 bits per heavy atom. The number of carbonyl (C=O) groups is 1. The maximum absolute atomic E-state index is 11.9. The molecule has 35 heavy (non-hydrogen) atoms. The van der Waals surface area contributed by atoms with Crippen molar-refractivity contribution in [1.29, 1.82) is 0 Å². The summed E-state index contributed by atoms with van der Waals surface area (Å²) in [5, 5.41) is 11.0. The zero-order valence-electron chi connectivity index (χ0n) is 24.1. The van der Waals surface area contributed by atoms with Crippen LogP contribution in [0.5, 0.6) is 0 Å². The molecule has 0 heterocycles. The lowest BCUT2D eigenvalue weighted by Crippen LogP contribution is -2.67. The van der Waals surface area contributed by atoms with Gasteiger partial charge in [-0.25, -0.2) is 0 Å². The van der Waals surface area contributed by atoms with Gasteiger partial charge in [0.2, 0.25) is 0 Å². The van der Waals surface area contributed by atoms with Gasteiger partial charge in [0.1, 0.15) is 0 Å². The molecule has 0 aliphatic heterocycles. The van der Waals surface area contributed by atoms with Gasteiger partial charge < -0.3 is 9.84 Å². The average Bonchev–Trinajstić information content (AvgIpc) is 3.16. The first-order valence-corrected chi connectivity index (χ1v) is 15.0. The smallest absolute Gasteiger partial charge is 0.302 e. The molecule has 5 rings (SSSR count). The summed E-state index contributed by atoms with van der Waals surface area (Å²) in [5.74, 6) is 4.15. The molecule has 0 aromatic heterocycles. The quantitative estimate of drug-likeness (QED) is 0.417. The van der Waals surface area contributed by atoms with Gasteiger partial charge >= 0.3 is 5.97 Å². The topological polar surface area (TPSA) is 46.5 Å². The van der Waals surface area contributed by atoms with Crippen molar-refractivity contribution in [3.63, 3.8) is 0 Å². The molecular formula is C32H54O3. The normalized spacial score (nSPS) is 52.7. The van der Waals surface area contributed by atoms with Gasteiger partial charge in [-0.2, -0.15) is 0 Å². The monoisotopic (exact) mass is 486 g/mol. The number of rotatable bonds is 3. The maximum atomic E-state index is 11.9. The molecule has 200 valence electrons. The molecule has 3 nitrogen and oxygen atoms in total. The van der Waals surface area contributed by atoms with Crippen LogP contribution in [0.15, 0.2) is 0 Å². The zero-order chi connectivity index (χ0) is 25.6. The van der Waals surface area contributed by atoms with Gasteiger partial charge in [-0.15, -0.1) is 0 Å². The van der Waals surface area contributed by atoms with Crippen LogP contribution in [0.2, 0.25) is 0 Å². The number of aliphatic hydroxyl groups excluding tert-OH is 1. The van der Waals surface area contributed by atoms with Crippen LogP contribution in [0.1, 0.15) is 120 Å². The second-order valence-electron chi connectivity index (χ2n) is 15.7. The van der Waals surface area contributed by atoms with Crippen molar-refractivity contribution in [2.24, 2.45) is 62.6 Å². The molecule has 0 bridgehead atoms. The summed E-state index contributed by atoms with van der Waals surface area (Å²) in [5.41, 5.74) is 1.27. The summed E-state index contributed by atoms with van der Waals surface area (Å²) in [6.45, 7) is 19.8. The van der Waals surface area contributed by atoms with Crippen molar-refractivity contribution in [3.8, 4) is 0 Å². The first kappa shape index (κ1) is 26.1. The highest BCUT2D eigenvalue weighted by Crippen LogP contribution is 2.77. The van der Waals surface area contributed by atoms with E-state index in [-0.39, 0.29) is 22.9 Å². The van der Waals surface area contributed by atoms with E-state index in [0.717, 1.165) is 24.2 Å². The van der Waals surface area contributed by atoms with Crippen LogP contribution < -0.4 is 0 Å². The van der Waals surface area contributed by atoms with E-state index in [0.29, 0.717) is 40.6 Å².